The average Bonchev–Trinajstić information content (AvgIpc) is 2.41. The number of hydrogen-bond donors (Lipinski definition) is 2. The van der Waals surface area contributed by atoms with Crippen LogP contribution in [0, 0.1) is 11.2 Å². The molecular weight excluding hydrogens is 341 g/mol. The summed E-state index contributed by atoms with van der Waals surface area (Å²) in [5.41, 5.74) is -0.566. The first-order valence-corrected chi connectivity index (χ1v) is 8.57. The molecule has 7 heteroatoms. The number of benzene rings is 1. The first-order chi connectivity index (χ1) is 12.0. The average molecular weight is 365 g/mol. The Balaban J connectivity index is 1.69. The van der Waals surface area contributed by atoms with E-state index in [2.05, 4.69) is 5.32 Å². The fourth-order valence-corrected chi connectivity index (χ4v) is 4.38. The van der Waals surface area contributed by atoms with Crippen LogP contribution >= 0.6 is 0 Å². The molecule has 1 atom stereocenters. The zero-order valence-electron chi connectivity index (χ0n) is 15.4. The third-order valence-electron chi connectivity index (χ3n) is 5.36. The molecule has 0 saturated heterocycles. The van der Waals surface area contributed by atoms with Crippen molar-refractivity contribution >= 4 is 12.1 Å². The van der Waals surface area contributed by atoms with Crippen LogP contribution in [0.3, 0.4) is 0 Å². The number of carbonyl (C=O) groups is 2. The number of halogens is 1. The van der Waals surface area contributed by atoms with E-state index in [9.17, 15) is 19.1 Å². The standard InChI is InChI=1S/C19H24FNO5/c1-17(2,3)26-16(24)21-14(15(22)23)19-8-18(9-19,10-19)11-5-6-13(25-4)12(20)7-11/h5-7,14H,8-10H2,1-4H3,(H,21,24)(H,22,23). The molecular formula is C19H24FNO5. The van der Waals surface area contributed by atoms with E-state index in [1.807, 2.05) is 6.07 Å². The first-order valence-electron chi connectivity index (χ1n) is 8.57. The molecule has 4 rings (SSSR count). The molecule has 3 fully saturated rings. The lowest BCUT2D eigenvalue weighted by Crippen LogP contribution is -2.73. The predicted octanol–water partition coefficient (Wildman–Crippen LogP) is 3.23. The Morgan fingerprint density at radius 3 is 2.35 bits per heavy atom. The van der Waals surface area contributed by atoms with Crippen LogP contribution in [0.4, 0.5) is 9.18 Å². The zero-order chi connectivity index (χ0) is 19.3. The lowest BCUT2D eigenvalue weighted by molar-refractivity contribution is -0.183. The van der Waals surface area contributed by atoms with Crippen LogP contribution in [0.5, 0.6) is 5.75 Å². The molecule has 3 aliphatic rings. The monoisotopic (exact) mass is 365 g/mol. The topological polar surface area (TPSA) is 84.9 Å². The number of carboxylic acids is 1. The molecule has 0 spiro atoms. The molecule has 1 amide bonds. The van der Waals surface area contributed by atoms with Gasteiger partial charge in [-0.3, -0.25) is 0 Å². The molecule has 1 aromatic carbocycles. The minimum Gasteiger partial charge on any atom is -0.494 e. The van der Waals surface area contributed by atoms with Crippen LogP contribution in [0.1, 0.15) is 45.6 Å². The van der Waals surface area contributed by atoms with Gasteiger partial charge in [-0.15, -0.1) is 0 Å². The quantitative estimate of drug-likeness (QED) is 0.837. The van der Waals surface area contributed by atoms with E-state index >= 15 is 0 Å². The van der Waals surface area contributed by atoms with Crippen molar-refractivity contribution in [3.8, 4) is 5.75 Å². The zero-order valence-corrected chi connectivity index (χ0v) is 15.4. The Bertz CT molecular complexity index is 735. The molecule has 2 N–H and O–H groups in total. The molecule has 1 aromatic rings. The number of amides is 1. The van der Waals surface area contributed by atoms with Crippen molar-refractivity contribution in [3.05, 3.63) is 29.6 Å². The van der Waals surface area contributed by atoms with Crippen LogP contribution < -0.4 is 10.1 Å². The van der Waals surface area contributed by atoms with E-state index in [4.69, 9.17) is 9.47 Å². The Morgan fingerprint density at radius 2 is 1.88 bits per heavy atom. The molecule has 3 saturated carbocycles. The summed E-state index contributed by atoms with van der Waals surface area (Å²) >= 11 is 0. The second-order valence-electron chi connectivity index (χ2n) is 8.44. The van der Waals surface area contributed by atoms with Crippen LogP contribution in [0.2, 0.25) is 0 Å². The van der Waals surface area contributed by atoms with Gasteiger partial charge in [0.25, 0.3) is 0 Å². The van der Waals surface area contributed by atoms with Crippen molar-refractivity contribution in [1.82, 2.24) is 5.32 Å². The van der Waals surface area contributed by atoms with Crippen molar-refractivity contribution in [2.45, 2.75) is 57.1 Å². The third-order valence-corrected chi connectivity index (χ3v) is 5.36. The summed E-state index contributed by atoms with van der Waals surface area (Å²) in [5, 5.41) is 12.1. The van der Waals surface area contributed by atoms with Gasteiger partial charge < -0.3 is 19.9 Å². The molecule has 3 aliphatic carbocycles. The summed E-state index contributed by atoms with van der Waals surface area (Å²) in [4.78, 5) is 23.7. The minimum absolute atomic E-state index is 0.185. The maximum atomic E-state index is 14.0. The van der Waals surface area contributed by atoms with E-state index in [0.717, 1.165) is 5.56 Å². The third kappa shape index (κ3) is 2.99. The van der Waals surface area contributed by atoms with Crippen LogP contribution in [-0.4, -0.2) is 35.9 Å². The van der Waals surface area contributed by atoms with Gasteiger partial charge in [0.05, 0.1) is 7.11 Å². The fraction of sp³-hybridized carbons (Fsp3) is 0.579. The number of ether oxygens (including phenoxy) is 2. The van der Waals surface area contributed by atoms with Gasteiger partial charge in [0, 0.05) is 5.41 Å². The van der Waals surface area contributed by atoms with Crippen molar-refractivity contribution in [2.75, 3.05) is 7.11 Å². The second kappa shape index (κ2) is 5.86. The van der Waals surface area contributed by atoms with Gasteiger partial charge in [-0.2, -0.15) is 0 Å². The van der Waals surface area contributed by atoms with E-state index < -0.39 is 34.9 Å². The summed E-state index contributed by atoms with van der Waals surface area (Å²) in [6, 6.07) is 3.86. The maximum Gasteiger partial charge on any atom is 0.408 e. The minimum atomic E-state index is -1.08. The maximum absolute atomic E-state index is 14.0. The molecule has 0 heterocycles. The number of rotatable bonds is 5. The van der Waals surface area contributed by atoms with E-state index in [-0.39, 0.29) is 11.2 Å². The molecule has 0 aliphatic heterocycles. The van der Waals surface area contributed by atoms with Crippen molar-refractivity contribution < 1.29 is 28.6 Å². The summed E-state index contributed by atoms with van der Waals surface area (Å²) in [6.45, 7) is 5.16. The highest BCUT2D eigenvalue weighted by Gasteiger charge is 2.72. The van der Waals surface area contributed by atoms with Crippen LogP contribution in [-0.2, 0) is 14.9 Å². The summed E-state index contributed by atoms with van der Waals surface area (Å²) in [6.07, 6.45) is 1.05. The molecule has 142 valence electrons. The Morgan fingerprint density at radius 1 is 1.27 bits per heavy atom. The molecule has 6 nitrogen and oxygen atoms in total. The number of carboxylic acid groups (broad SMARTS) is 1. The largest absolute Gasteiger partial charge is 0.494 e. The van der Waals surface area contributed by atoms with Crippen molar-refractivity contribution in [2.24, 2.45) is 5.41 Å². The highest BCUT2D eigenvalue weighted by atomic mass is 19.1. The number of nitrogens with one attached hydrogen (secondary N) is 1. The lowest BCUT2D eigenvalue weighted by atomic mass is 9.31. The van der Waals surface area contributed by atoms with Crippen LogP contribution in [0.15, 0.2) is 18.2 Å². The van der Waals surface area contributed by atoms with E-state index in [1.165, 1.54) is 13.2 Å². The Kier molecular flexibility index (Phi) is 4.16. The van der Waals surface area contributed by atoms with Gasteiger partial charge in [0.1, 0.15) is 11.6 Å². The highest BCUT2D eigenvalue weighted by Crippen LogP contribution is 2.75. The SMILES string of the molecule is COc1ccc(C23CC(C(NC(=O)OC(C)(C)C)C(=O)O)(C2)C3)cc1F. The summed E-state index contributed by atoms with van der Waals surface area (Å²) in [7, 11) is 1.41. The fourth-order valence-electron chi connectivity index (χ4n) is 4.38. The number of aliphatic carboxylic acids is 1. The molecule has 0 radical (unpaired) electrons. The van der Waals surface area contributed by atoms with Crippen molar-refractivity contribution in [1.29, 1.82) is 0 Å². The normalized spacial score (nSPS) is 27.6. The number of methoxy groups -OCH3 is 1. The van der Waals surface area contributed by atoms with Gasteiger partial charge in [0.15, 0.2) is 11.6 Å². The summed E-state index contributed by atoms with van der Waals surface area (Å²) < 4.78 is 24.1. The van der Waals surface area contributed by atoms with Gasteiger partial charge in [0.2, 0.25) is 0 Å². The van der Waals surface area contributed by atoms with E-state index in [1.54, 1.807) is 26.8 Å². The molecule has 2 bridgehead atoms. The van der Waals surface area contributed by atoms with E-state index in [0.29, 0.717) is 19.3 Å². The molecule has 0 aromatic heterocycles. The summed E-state index contributed by atoms with van der Waals surface area (Å²) in [5.74, 6) is -1.32. The van der Waals surface area contributed by atoms with Gasteiger partial charge in [-0.1, -0.05) is 6.07 Å². The van der Waals surface area contributed by atoms with Crippen molar-refractivity contribution in [3.63, 3.8) is 0 Å². The Hall–Kier alpha value is -2.31. The van der Waals surface area contributed by atoms with Gasteiger partial charge in [-0.25, -0.2) is 14.0 Å². The molecule has 1 unspecified atom stereocenters. The second-order valence-corrected chi connectivity index (χ2v) is 8.44. The number of alkyl carbamates (subject to hydrolysis) is 1. The Labute approximate surface area is 151 Å². The smallest absolute Gasteiger partial charge is 0.408 e. The van der Waals surface area contributed by atoms with Crippen LogP contribution in [0.25, 0.3) is 0 Å². The van der Waals surface area contributed by atoms with Gasteiger partial charge >= 0.3 is 12.1 Å². The highest BCUT2D eigenvalue weighted by molar-refractivity contribution is 5.82. The van der Waals surface area contributed by atoms with Gasteiger partial charge in [-0.05, 0) is 63.1 Å². The lowest BCUT2D eigenvalue weighted by Gasteiger charge is -2.72. The first kappa shape index (κ1) is 18.5. The number of carbonyl (C=O) groups excluding carboxylic acids is 1. The predicted molar refractivity (Wildman–Crippen MR) is 91.7 cm³/mol. The number of hydrogen-bond acceptors (Lipinski definition) is 4. The molecule has 26 heavy (non-hydrogen) atoms.